The van der Waals surface area contributed by atoms with Crippen LogP contribution in [0.15, 0.2) is 61.2 Å². The van der Waals surface area contributed by atoms with Crippen molar-refractivity contribution in [1.82, 2.24) is 9.80 Å². The van der Waals surface area contributed by atoms with Crippen LogP contribution in [0.1, 0.15) is 49.8 Å². The summed E-state index contributed by atoms with van der Waals surface area (Å²) < 4.78 is 48.9. The third kappa shape index (κ3) is 4.61. The van der Waals surface area contributed by atoms with Crippen LogP contribution >= 0.6 is 0 Å². The van der Waals surface area contributed by atoms with Crippen LogP contribution in [-0.2, 0) is 16.6 Å². The fraction of sp³-hybridized carbons (Fsp3) is 0.485. The quantitative estimate of drug-likeness (QED) is 0.330. The third-order valence-corrected chi connectivity index (χ3v) is 9.56. The zero-order valence-corrected chi connectivity index (χ0v) is 23.9. The Morgan fingerprint density at radius 1 is 1.26 bits per heavy atom. The van der Waals surface area contributed by atoms with Crippen molar-refractivity contribution in [1.29, 1.82) is 0 Å². The minimum absolute atomic E-state index is 0.0718. The van der Waals surface area contributed by atoms with Gasteiger partial charge in [-0.1, -0.05) is 44.2 Å². The zero-order valence-electron chi connectivity index (χ0n) is 23.9. The molecule has 1 N–H and O–H groups in total. The predicted octanol–water partition coefficient (Wildman–Crippen LogP) is 5.49. The third-order valence-electron chi connectivity index (χ3n) is 9.56. The number of nitrogens with zero attached hydrogens (tertiary/aromatic N) is 2. The molecule has 6 nitrogen and oxygen atoms in total. The summed E-state index contributed by atoms with van der Waals surface area (Å²) in [5.41, 5.74) is 1.08. The molecule has 2 fully saturated rings. The molecule has 2 aromatic rings. The first kappa shape index (κ1) is 28.8. The Labute approximate surface area is 244 Å². The lowest BCUT2D eigenvalue weighted by atomic mass is 9.48. The molecule has 4 aliphatic rings. The number of aliphatic hydroxyl groups is 1. The number of rotatable bonds is 8. The molecule has 5 atom stereocenters. The molecule has 2 heterocycles. The summed E-state index contributed by atoms with van der Waals surface area (Å²) in [6.07, 6.45) is 2.17. The van der Waals surface area contributed by atoms with Crippen molar-refractivity contribution < 1.29 is 32.5 Å². The highest BCUT2D eigenvalue weighted by Crippen LogP contribution is 2.64. The highest BCUT2D eigenvalue weighted by Gasteiger charge is 2.73. The predicted molar refractivity (Wildman–Crippen MR) is 153 cm³/mol. The number of hydrogen-bond donors (Lipinski definition) is 1. The molecule has 6 rings (SSSR count). The number of ether oxygens (including phenoxy) is 2. The van der Waals surface area contributed by atoms with Gasteiger partial charge in [0, 0.05) is 30.8 Å². The molecule has 1 saturated heterocycles. The molecule has 224 valence electrons. The molecule has 42 heavy (non-hydrogen) atoms. The Balaban J connectivity index is 1.34. The van der Waals surface area contributed by atoms with Gasteiger partial charge in [0.15, 0.2) is 0 Å². The summed E-state index contributed by atoms with van der Waals surface area (Å²) >= 11 is 0. The average molecular weight is 583 g/mol. The molecule has 2 unspecified atom stereocenters. The van der Waals surface area contributed by atoms with Gasteiger partial charge >= 0.3 is 6.36 Å². The van der Waals surface area contributed by atoms with Gasteiger partial charge in [-0.25, -0.2) is 0 Å². The van der Waals surface area contributed by atoms with E-state index in [1.165, 1.54) is 35.9 Å². The Bertz CT molecular complexity index is 1410. The highest BCUT2D eigenvalue weighted by atomic mass is 19.4. The van der Waals surface area contributed by atoms with E-state index in [-0.39, 0.29) is 29.7 Å². The van der Waals surface area contributed by atoms with Gasteiger partial charge < -0.3 is 19.5 Å². The second-order valence-electron chi connectivity index (χ2n) is 12.4. The number of carbonyl (C=O) groups is 1. The van der Waals surface area contributed by atoms with E-state index in [2.05, 4.69) is 22.3 Å². The van der Waals surface area contributed by atoms with Gasteiger partial charge in [-0.15, -0.1) is 19.8 Å². The summed E-state index contributed by atoms with van der Waals surface area (Å²) in [6, 6.07) is 11.3. The normalized spacial score (nSPS) is 29.7. The van der Waals surface area contributed by atoms with E-state index in [0.29, 0.717) is 37.9 Å². The maximum absolute atomic E-state index is 13.9. The number of halogens is 3. The van der Waals surface area contributed by atoms with Gasteiger partial charge in [-0.3, -0.25) is 9.69 Å². The molecular formula is C33H37F3N2O4. The van der Waals surface area contributed by atoms with Crippen molar-refractivity contribution in [2.45, 2.75) is 75.1 Å². The van der Waals surface area contributed by atoms with Crippen LogP contribution in [0.5, 0.6) is 11.5 Å². The molecule has 2 aliphatic carbocycles. The monoisotopic (exact) mass is 582 g/mol. The fourth-order valence-electron chi connectivity index (χ4n) is 8.14. The van der Waals surface area contributed by atoms with E-state index < -0.39 is 23.5 Å². The van der Waals surface area contributed by atoms with Gasteiger partial charge in [-0.2, -0.15) is 0 Å². The summed E-state index contributed by atoms with van der Waals surface area (Å²) in [4.78, 5) is 18.0. The standard InChI is InChI=1S/C33H37F3N2O4/c1-4-16-37-17-15-31-29-23-8-6-10-26(29)41-30(31)25(13-14-32(31,40)27(37)19-23)38(20-21(2)3)28(39)12-11-22-7-5-9-24(18-22)42-33(34,35)36/h4-12,18,21,25,27,30,40H,1,13-17,19-20H2,2-3H3/b12-11+/t25?,27-,30?,31+,32-/m1/s1. The number of carbonyl (C=O) groups excluding carboxylic acids is 1. The Kier molecular flexibility index (Phi) is 7.17. The molecule has 1 spiro atoms. The largest absolute Gasteiger partial charge is 0.573 e. The number of alkyl halides is 3. The fourth-order valence-corrected chi connectivity index (χ4v) is 8.14. The SMILES string of the molecule is C=CCN1CC[C@]23c4c5cccc4OC2C(N(CC(C)C)C(=O)/C=C/c2cccc(OC(F)(F)F)c2)CC[C@@]3(O)[C@H]1C5. The van der Waals surface area contributed by atoms with Crippen LogP contribution in [0.25, 0.3) is 6.08 Å². The van der Waals surface area contributed by atoms with Gasteiger partial charge in [0.05, 0.1) is 17.1 Å². The number of benzene rings is 2. The molecule has 2 bridgehead atoms. The van der Waals surface area contributed by atoms with Crippen molar-refractivity contribution in [3.63, 3.8) is 0 Å². The van der Waals surface area contributed by atoms with Crippen molar-refractivity contribution in [2.24, 2.45) is 5.92 Å². The lowest BCUT2D eigenvalue weighted by molar-refractivity contribution is -0.274. The highest BCUT2D eigenvalue weighted by molar-refractivity contribution is 5.92. The van der Waals surface area contributed by atoms with Crippen LogP contribution < -0.4 is 9.47 Å². The zero-order chi connectivity index (χ0) is 29.9. The van der Waals surface area contributed by atoms with Gasteiger partial charge in [-0.05, 0) is 73.5 Å². The Morgan fingerprint density at radius 2 is 2.05 bits per heavy atom. The van der Waals surface area contributed by atoms with E-state index in [9.17, 15) is 23.1 Å². The molecule has 2 aromatic carbocycles. The lowest BCUT2D eigenvalue weighted by Crippen LogP contribution is -2.78. The number of likely N-dealkylation sites (tertiary alicyclic amines) is 1. The second-order valence-corrected chi connectivity index (χ2v) is 12.4. The first-order chi connectivity index (χ1) is 20.0. The molecule has 1 saturated carbocycles. The first-order valence-electron chi connectivity index (χ1n) is 14.7. The summed E-state index contributed by atoms with van der Waals surface area (Å²) in [5.74, 6) is 0.378. The van der Waals surface area contributed by atoms with Crippen LogP contribution in [0, 0.1) is 5.92 Å². The number of amides is 1. The van der Waals surface area contributed by atoms with Crippen molar-refractivity contribution in [3.05, 3.63) is 77.9 Å². The molecule has 1 amide bonds. The number of hydrogen-bond acceptors (Lipinski definition) is 5. The minimum atomic E-state index is -4.80. The van der Waals surface area contributed by atoms with Crippen LogP contribution in [0.2, 0.25) is 0 Å². The van der Waals surface area contributed by atoms with Gasteiger partial charge in [0.2, 0.25) is 5.91 Å². The maximum Gasteiger partial charge on any atom is 0.573 e. The van der Waals surface area contributed by atoms with Crippen molar-refractivity contribution in [3.8, 4) is 11.5 Å². The van der Waals surface area contributed by atoms with E-state index in [1.807, 2.05) is 37.0 Å². The van der Waals surface area contributed by atoms with Crippen LogP contribution in [0.3, 0.4) is 0 Å². The molecule has 9 heteroatoms. The summed E-state index contributed by atoms with van der Waals surface area (Å²) in [7, 11) is 0. The number of piperidine rings is 1. The Morgan fingerprint density at radius 3 is 2.79 bits per heavy atom. The summed E-state index contributed by atoms with van der Waals surface area (Å²) in [6.45, 7) is 10.0. The van der Waals surface area contributed by atoms with Crippen LogP contribution in [-0.4, -0.2) is 70.6 Å². The Hall–Kier alpha value is -3.30. The molecule has 0 radical (unpaired) electrons. The second kappa shape index (κ2) is 10.5. The van der Waals surface area contributed by atoms with E-state index in [0.717, 1.165) is 24.3 Å². The maximum atomic E-state index is 13.9. The average Bonchev–Trinajstić information content (AvgIpc) is 3.26. The van der Waals surface area contributed by atoms with Gasteiger partial charge in [0.25, 0.3) is 0 Å². The van der Waals surface area contributed by atoms with E-state index in [4.69, 9.17) is 4.74 Å². The lowest BCUT2D eigenvalue weighted by Gasteiger charge is -2.64. The minimum Gasteiger partial charge on any atom is -0.487 e. The molecule has 2 aliphatic heterocycles. The van der Waals surface area contributed by atoms with Crippen molar-refractivity contribution >= 4 is 12.0 Å². The molecule has 0 aromatic heterocycles. The van der Waals surface area contributed by atoms with Gasteiger partial charge in [0.1, 0.15) is 17.6 Å². The summed E-state index contributed by atoms with van der Waals surface area (Å²) in [5, 5.41) is 12.6. The van der Waals surface area contributed by atoms with E-state index in [1.54, 1.807) is 6.07 Å². The van der Waals surface area contributed by atoms with Crippen molar-refractivity contribution in [2.75, 3.05) is 19.6 Å². The first-order valence-corrected chi connectivity index (χ1v) is 14.7. The van der Waals surface area contributed by atoms with E-state index >= 15 is 0 Å². The smallest absolute Gasteiger partial charge is 0.487 e. The van der Waals surface area contributed by atoms with Crippen LogP contribution in [0.4, 0.5) is 13.2 Å². The topological polar surface area (TPSA) is 62.2 Å². The molecular weight excluding hydrogens is 545 g/mol.